The van der Waals surface area contributed by atoms with Crippen molar-refractivity contribution in [2.24, 2.45) is 5.92 Å². The van der Waals surface area contributed by atoms with Crippen LogP contribution in [0.4, 0.5) is 10.1 Å². The second kappa shape index (κ2) is 9.00. The maximum atomic E-state index is 14.3. The molecule has 5 nitrogen and oxygen atoms in total. The number of hydrogen-bond donors (Lipinski definition) is 2. The first-order chi connectivity index (χ1) is 13.7. The predicted molar refractivity (Wildman–Crippen MR) is 113 cm³/mol. The molecule has 1 saturated carbocycles. The van der Waals surface area contributed by atoms with E-state index in [1.807, 2.05) is 6.92 Å². The Hall–Kier alpha value is -1.67. The van der Waals surface area contributed by atoms with Gasteiger partial charge in [0.05, 0.1) is 10.5 Å². The molecule has 2 aromatic rings. The van der Waals surface area contributed by atoms with Crippen molar-refractivity contribution in [3.8, 4) is 0 Å². The Labute approximate surface area is 179 Å². The van der Waals surface area contributed by atoms with E-state index in [4.69, 9.17) is 23.2 Å². The third-order valence-electron chi connectivity index (χ3n) is 5.03. The lowest BCUT2D eigenvalue weighted by Crippen LogP contribution is -2.41. The van der Waals surface area contributed by atoms with Gasteiger partial charge in [0.1, 0.15) is 5.82 Å². The Kier molecular flexibility index (Phi) is 6.83. The third-order valence-corrected chi connectivity index (χ3v) is 6.96. The zero-order valence-electron chi connectivity index (χ0n) is 15.7. The topological polar surface area (TPSA) is 75.3 Å². The Bertz CT molecular complexity index is 1010. The van der Waals surface area contributed by atoms with Crippen LogP contribution in [-0.2, 0) is 10.0 Å². The highest BCUT2D eigenvalue weighted by Gasteiger charge is 2.27. The molecule has 0 bridgehead atoms. The van der Waals surface area contributed by atoms with E-state index >= 15 is 0 Å². The Balaban J connectivity index is 1.84. The Morgan fingerprint density at radius 2 is 1.72 bits per heavy atom. The number of halogens is 3. The summed E-state index contributed by atoms with van der Waals surface area (Å²) in [5.41, 5.74) is -0.116. The van der Waals surface area contributed by atoms with Crippen molar-refractivity contribution < 1.29 is 17.6 Å². The van der Waals surface area contributed by atoms with Crippen molar-refractivity contribution >= 4 is 44.8 Å². The van der Waals surface area contributed by atoms with Crippen LogP contribution in [0.15, 0.2) is 41.3 Å². The average molecular weight is 459 g/mol. The Morgan fingerprint density at radius 1 is 1.07 bits per heavy atom. The van der Waals surface area contributed by atoms with Gasteiger partial charge in [-0.1, -0.05) is 43.0 Å². The summed E-state index contributed by atoms with van der Waals surface area (Å²) in [6, 6.07) is 7.38. The van der Waals surface area contributed by atoms with Gasteiger partial charge < -0.3 is 5.32 Å². The lowest BCUT2D eigenvalue weighted by molar-refractivity contribution is 0.102. The first-order valence-corrected chi connectivity index (χ1v) is 11.5. The Morgan fingerprint density at radius 3 is 2.38 bits per heavy atom. The minimum Gasteiger partial charge on any atom is -0.322 e. The summed E-state index contributed by atoms with van der Waals surface area (Å²) in [6.45, 7) is 2.01. The number of hydrogen-bond acceptors (Lipinski definition) is 3. The summed E-state index contributed by atoms with van der Waals surface area (Å²) in [6.07, 6.45) is 3.74. The molecule has 2 N–H and O–H groups in total. The van der Waals surface area contributed by atoms with Crippen molar-refractivity contribution in [2.75, 3.05) is 5.32 Å². The fourth-order valence-corrected chi connectivity index (χ4v) is 5.36. The van der Waals surface area contributed by atoms with Gasteiger partial charge in [-0.25, -0.2) is 17.5 Å². The normalized spacial score (nSPS) is 19.7. The van der Waals surface area contributed by atoms with Crippen molar-refractivity contribution in [3.63, 3.8) is 0 Å². The van der Waals surface area contributed by atoms with E-state index in [1.54, 1.807) is 0 Å². The summed E-state index contributed by atoms with van der Waals surface area (Å²) in [4.78, 5) is 12.4. The van der Waals surface area contributed by atoms with E-state index in [0.717, 1.165) is 43.9 Å². The molecular formula is C20H21Cl2FN2O3S. The van der Waals surface area contributed by atoms with Crippen LogP contribution in [0, 0.1) is 11.7 Å². The number of nitrogens with one attached hydrogen (secondary N) is 2. The predicted octanol–water partition coefficient (Wildman–Crippen LogP) is 5.24. The maximum Gasteiger partial charge on any atom is 0.258 e. The van der Waals surface area contributed by atoms with Crippen LogP contribution in [0.2, 0.25) is 10.0 Å². The molecule has 0 saturated heterocycles. The van der Waals surface area contributed by atoms with E-state index in [9.17, 15) is 17.6 Å². The van der Waals surface area contributed by atoms with Crippen LogP contribution in [0.1, 0.15) is 43.0 Å². The summed E-state index contributed by atoms with van der Waals surface area (Å²) in [5, 5.41) is 3.09. The quantitative estimate of drug-likeness (QED) is 0.642. The summed E-state index contributed by atoms with van der Waals surface area (Å²) in [5.74, 6) is -1.42. The molecule has 1 fully saturated rings. The van der Waals surface area contributed by atoms with Gasteiger partial charge in [0, 0.05) is 21.8 Å². The van der Waals surface area contributed by atoms with Crippen molar-refractivity contribution in [1.82, 2.24) is 4.72 Å². The fourth-order valence-electron chi connectivity index (χ4n) is 3.43. The van der Waals surface area contributed by atoms with Crippen LogP contribution in [-0.4, -0.2) is 20.4 Å². The van der Waals surface area contributed by atoms with Crippen molar-refractivity contribution in [1.29, 1.82) is 0 Å². The van der Waals surface area contributed by atoms with Crippen LogP contribution in [0.5, 0.6) is 0 Å². The standard InChI is InChI=1S/C20H21Cl2FN2O3S/c1-12-4-2-3-5-19(12)25-29(27,28)16-6-7-18(23)17(11-16)20(26)24-15-9-13(21)8-14(22)10-15/h6-12,19,25H,2-5H2,1H3,(H,24,26)/t12-,19+/m0/s1. The van der Waals surface area contributed by atoms with Gasteiger partial charge in [-0.3, -0.25) is 4.79 Å². The molecule has 9 heteroatoms. The van der Waals surface area contributed by atoms with E-state index in [1.165, 1.54) is 18.2 Å². The highest BCUT2D eigenvalue weighted by molar-refractivity contribution is 7.89. The van der Waals surface area contributed by atoms with Crippen LogP contribution >= 0.6 is 23.2 Å². The average Bonchev–Trinajstić information content (AvgIpc) is 2.62. The molecule has 29 heavy (non-hydrogen) atoms. The molecule has 2 atom stereocenters. The molecule has 0 unspecified atom stereocenters. The molecule has 2 aromatic carbocycles. The molecular weight excluding hydrogens is 438 g/mol. The number of amides is 1. The van der Waals surface area contributed by atoms with Crippen LogP contribution in [0.25, 0.3) is 0 Å². The summed E-state index contributed by atoms with van der Waals surface area (Å²) in [7, 11) is -3.89. The zero-order valence-corrected chi connectivity index (χ0v) is 18.0. The van der Waals surface area contributed by atoms with Crippen molar-refractivity contribution in [2.45, 2.75) is 43.5 Å². The third kappa shape index (κ3) is 5.48. The molecule has 0 aromatic heterocycles. The van der Waals surface area contributed by atoms with Gasteiger partial charge in [-0.05, 0) is 55.2 Å². The van der Waals surface area contributed by atoms with E-state index in [2.05, 4.69) is 10.0 Å². The van der Waals surface area contributed by atoms with E-state index in [-0.39, 0.29) is 28.1 Å². The molecule has 0 heterocycles. The highest BCUT2D eigenvalue weighted by Crippen LogP contribution is 2.26. The van der Waals surface area contributed by atoms with Gasteiger partial charge in [-0.15, -0.1) is 0 Å². The molecule has 0 aliphatic heterocycles. The van der Waals surface area contributed by atoms with Crippen LogP contribution < -0.4 is 10.0 Å². The monoisotopic (exact) mass is 458 g/mol. The van der Waals surface area contributed by atoms with Gasteiger partial charge in [0.2, 0.25) is 10.0 Å². The number of carbonyl (C=O) groups is 1. The number of sulfonamides is 1. The SMILES string of the molecule is C[C@H]1CCCC[C@H]1NS(=O)(=O)c1ccc(F)c(C(=O)Nc2cc(Cl)cc(Cl)c2)c1. The largest absolute Gasteiger partial charge is 0.322 e. The van der Waals surface area contributed by atoms with E-state index < -0.39 is 21.7 Å². The molecule has 156 valence electrons. The minimum atomic E-state index is -3.89. The molecule has 0 spiro atoms. The van der Waals surface area contributed by atoms with Gasteiger partial charge in [-0.2, -0.15) is 0 Å². The lowest BCUT2D eigenvalue weighted by atomic mass is 9.87. The zero-order chi connectivity index (χ0) is 21.2. The molecule has 1 amide bonds. The highest BCUT2D eigenvalue weighted by atomic mass is 35.5. The maximum absolute atomic E-state index is 14.3. The second-order valence-electron chi connectivity index (χ2n) is 7.24. The minimum absolute atomic E-state index is 0.161. The summed E-state index contributed by atoms with van der Waals surface area (Å²) < 4.78 is 42.5. The number of benzene rings is 2. The number of anilines is 1. The van der Waals surface area contributed by atoms with Gasteiger partial charge in [0.15, 0.2) is 0 Å². The number of carbonyl (C=O) groups excluding carboxylic acids is 1. The van der Waals surface area contributed by atoms with Gasteiger partial charge in [0.25, 0.3) is 5.91 Å². The fraction of sp³-hybridized carbons (Fsp3) is 0.350. The first kappa shape index (κ1) is 22.0. The van der Waals surface area contributed by atoms with E-state index in [0.29, 0.717) is 10.0 Å². The molecule has 3 rings (SSSR count). The summed E-state index contributed by atoms with van der Waals surface area (Å²) >= 11 is 11.8. The van der Waals surface area contributed by atoms with Crippen LogP contribution in [0.3, 0.4) is 0 Å². The molecule has 0 radical (unpaired) electrons. The lowest BCUT2D eigenvalue weighted by Gasteiger charge is -2.29. The first-order valence-electron chi connectivity index (χ1n) is 9.25. The van der Waals surface area contributed by atoms with Crippen molar-refractivity contribution in [3.05, 3.63) is 57.8 Å². The smallest absolute Gasteiger partial charge is 0.258 e. The molecule has 1 aliphatic rings. The second-order valence-corrected chi connectivity index (χ2v) is 9.83. The van der Waals surface area contributed by atoms with Gasteiger partial charge >= 0.3 is 0 Å². The molecule has 1 aliphatic carbocycles. The number of rotatable bonds is 5.